The highest BCUT2D eigenvalue weighted by molar-refractivity contribution is 7.94. The molecule has 0 spiro atoms. The molecule has 3 fully saturated rings. The van der Waals surface area contributed by atoms with E-state index in [9.17, 15) is 4.21 Å². The first kappa shape index (κ1) is 20.8. The molecule has 1 aliphatic carbocycles. The van der Waals surface area contributed by atoms with E-state index in [1.807, 2.05) is 19.1 Å². The molecular formula is C23H31N5O2S. The first-order chi connectivity index (χ1) is 14.9. The lowest BCUT2D eigenvalue weighted by atomic mass is 10.0. The minimum absolute atomic E-state index is 0.223. The lowest BCUT2D eigenvalue weighted by Gasteiger charge is -2.35. The number of morpholine rings is 1. The molecule has 0 N–H and O–H groups in total. The van der Waals surface area contributed by atoms with Crippen molar-refractivity contribution in [3.63, 3.8) is 0 Å². The number of ether oxygens (including phenoxy) is 1. The van der Waals surface area contributed by atoms with Gasteiger partial charge in [0.1, 0.15) is 5.82 Å². The highest BCUT2D eigenvalue weighted by Gasteiger charge is 2.46. The topological polar surface area (TPSA) is 80.6 Å². The molecule has 2 saturated heterocycles. The first-order valence-corrected chi connectivity index (χ1v) is 13.0. The molecule has 0 radical (unpaired) electrons. The van der Waals surface area contributed by atoms with E-state index in [1.165, 1.54) is 0 Å². The van der Waals surface area contributed by atoms with Gasteiger partial charge in [-0.25, -0.2) is 18.5 Å². The van der Waals surface area contributed by atoms with E-state index in [1.54, 1.807) is 6.20 Å². The Balaban J connectivity index is 1.67. The molecular weight excluding hydrogens is 410 g/mol. The van der Waals surface area contributed by atoms with Crippen molar-refractivity contribution in [3.05, 3.63) is 35.8 Å². The third-order valence-electron chi connectivity index (χ3n) is 6.72. The summed E-state index contributed by atoms with van der Waals surface area (Å²) in [4.78, 5) is 16.6. The second kappa shape index (κ2) is 7.81. The maximum absolute atomic E-state index is 14.1. The zero-order valence-electron chi connectivity index (χ0n) is 18.6. The van der Waals surface area contributed by atoms with Crippen molar-refractivity contribution >= 4 is 15.5 Å². The fraction of sp³-hybridized carbons (Fsp3) is 0.609. The molecule has 1 saturated carbocycles. The monoisotopic (exact) mass is 441 g/mol. The van der Waals surface area contributed by atoms with E-state index in [-0.39, 0.29) is 12.1 Å². The normalized spacial score (nSPS) is 31.1. The van der Waals surface area contributed by atoms with Crippen LogP contribution < -0.4 is 4.90 Å². The maximum atomic E-state index is 14.1. The van der Waals surface area contributed by atoms with Gasteiger partial charge in [0.2, 0.25) is 0 Å². The maximum Gasteiger partial charge on any atom is 0.161 e. The summed E-state index contributed by atoms with van der Waals surface area (Å²) in [6.07, 6.45) is 5.68. The van der Waals surface area contributed by atoms with E-state index in [0.29, 0.717) is 24.8 Å². The van der Waals surface area contributed by atoms with E-state index in [2.05, 4.69) is 29.8 Å². The van der Waals surface area contributed by atoms with Crippen LogP contribution in [-0.2, 0) is 19.2 Å². The number of hydrogen-bond acceptors (Lipinski definition) is 7. The van der Waals surface area contributed by atoms with Gasteiger partial charge in [-0.1, -0.05) is 0 Å². The van der Waals surface area contributed by atoms with Crippen LogP contribution in [0, 0.1) is 6.92 Å². The molecule has 166 valence electrons. The average molecular weight is 442 g/mol. The molecule has 3 aliphatic rings. The highest BCUT2D eigenvalue weighted by atomic mass is 32.2. The van der Waals surface area contributed by atoms with Crippen LogP contribution >= 0.6 is 0 Å². The number of aromatic nitrogens is 3. The minimum Gasteiger partial charge on any atom is -0.377 e. The Kier molecular flexibility index (Phi) is 5.25. The van der Waals surface area contributed by atoms with Crippen molar-refractivity contribution in [1.29, 1.82) is 0 Å². The van der Waals surface area contributed by atoms with Gasteiger partial charge in [-0.05, 0) is 58.6 Å². The quantitative estimate of drug-likeness (QED) is 0.719. The second-order valence-electron chi connectivity index (χ2n) is 9.25. The number of nitrogens with zero attached hydrogens (tertiary/aromatic N) is 5. The molecule has 0 amide bonds. The van der Waals surface area contributed by atoms with Gasteiger partial charge in [0.05, 0.1) is 45.5 Å². The first-order valence-electron chi connectivity index (χ1n) is 11.3. The van der Waals surface area contributed by atoms with Crippen LogP contribution in [0.25, 0.3) is 11.4 Å². The third-order valence-corrected chi connectivity index (χ3v) is 10.0. The number of anilines is 1. The largest absolute Gasteiger partial charge is 0.377 e. The Morgan fingerprint density at radius 2 is 2.13 bits per heavy atom. The summed E-state index contributed by atoms with van der Waals surface area (Å²) in [6, 6.07) is 6.51. The molecule has 2 aliphatic heterocycles. The third kappa shape index (κ3) is 3.84. The average Bonchev–Trinajstić information content (AvgIpc) is 3.51. The Bertz CT molecular complexity index is 1110. The Morgan fingerprint density at radius 3 is 2.87 bits per heavy atom. The van der Waals surface area contributed by atoms with Crippen molar-refractivity contribution in [3.8, 4) is 11.4 Å². The zero-order chi connectivity index (χ0) is 21.6. The van der Waals surface area contributed by atoms with E-state index in [4.69, 9.17) is 19.1 Å². The lowest BCUT2D eigenvalue weighted by molar-refractivity contribution is 0.0985. The summed E-state index contributed by atoms with van der Waals surface area (Å²) < 4.78 is 24.0. The number of rotatable bonds is 4. The highest BCUT2D eigenvalue weighted by Crippen LogP contribution is 2.45. The van der Waals surface area contributed by atoms with Gasteiger partial charge in [0, 0.05) is 35.8 Å². The molecule has 2 unspecified atom stereocenters. The van der Waals surface area contributed by atoms with Gasteiger partial charge in [-0.2, -0.15) is 0 Å². The molecule has 5 rings (SSSR count). The van der Waals surface area contributed by atoms with Crippen LogP contribution in [0.15, 0.2) is 28.8 Å². The smallest absolute Gasteiger partial charge is 0.161 e. The van der Waals surface area contributed by atoms with Crippen LogP contribution in [0.4, 0.5) is 5.82 Å². The Hall–Kier alpha value is -2.06. The summed E-state index contributed by atoms with van der Waals surface area (Å²) in [5.41, 5.74) is 2.71. The molecule has 3 atom stereocenters. The van der Waals surface area contributed by atoms with E-state index < -0.39 is 14.5 Å². The van der Waals surface area contributed by atoms with Gasteiger partial charge < -0.3 is 9.64 Å². The van der Waals surface area contributed by atoms with Crippen molar-refractivity contribution in [2.24, 2.45) is 4.36 Å². The molecule has 4 heterocycles. The molecule has 2 aromatic heterocycles. The summed E-state index contributed by atoms with van der Waals surface area (Å²) in [7, 11) is -2.37. The van der Waals surface area contributed by atoms with Crippen molar-refractivity contribution in [2.45, 2.75) is 63.3 Å². The molecule has 0 aromatic carbocycles. The minimum atomic E-state index is -2.37. The standard InChI is InChI=1S/C23H31N5O2S/c1-16-13-18(7-9-24-16)22-25-20(14-21(26-22)28-10-11-30-15-17(28)2)23(3)8-4-12-31(23,29)27-19-5-6-19/h7,9,13-14,17,19H,4-6,8,10-12,15H2,1-3H3/t17-,23?,31?/m1/s1. The number of pyridine rings is 1. The van der Waals surface area contributed by atoms with Gasteiger partial charge in [-0.15, -0.1) is 0 Å². The van der Waals surface area contributed by atoms with Crippen LogP contribution in [0.1, 0.15) is 50.9 Å². The Labute approximate surface area is 184 Å². The van der Waals surface area contributed by atoms with Gasteiger partial charge >= 0.3 is 0 Å². The van der Waals surface area contributed by atoms with Gasteiger partial charge in [-0.3, -0.25) is 4.98 Å². The number of aryl methyl sites for hydroxylation is 1. The molecule has 7 nitrogen and oxygen atoms in total. The van der Waals surface area contributed by atoms with Crippen LogP contribution in [-0.4, -0.2) is 56.8 Å². The van der Waals surface area contributed by atoms with Crippen LogP contribution in [0.3, 0.4) is 0 Å². The summed E-state index contributed by atoms with van der Waals surface area (Å²) in [5.74, 6) is 2.21. The van der Waals surface area contributed by atoms with E-state index >= 15 is 0 Å². The Morgan fingerprint density at radius 1 is 1.29 bits per heavy atom. The molecule has 31 heavy (non-hydrogen) atoms. The van der Waals surface area contributed by atoms with Crippen molar-refractivity contribution < 1.29 is 8.95 Å². The lowest BCUT2D eigenvalue weighted by Crippen LogP contribution is -2.44. The van der Waals surface area contributed by atoms with Crippen molar-refractivity contribution in [1.82, 2.24) is 15.0 Å². The van der Waals surface area contributed by atoms with Gasteiger partial charge in [0.15, 0.2) is 5.82 Å². The number of hydrogen-bond donors (Lipinski definition) is 0. The molecule has 8 heteroatoms. The zero-order valence-corrected chi connectivity index (χ0v) is 19.4. The SMILES string of the molecule is Cc1cc(-c2nc(N3CCOC[C@H]3C)cc(C3(C)CCCS3(=O)=NC3CC3)n2)ccn1. The fourth-order valence-electron chi connectivity index (χ4n) is 4.60. The van der Waals surface area contributed by atoms with E-state index in [0.717, 1.165) is 55.0 Å². The summed E-state index contributed by atoms with van der Waals surface area (Å²) in [6.45, 7) is 8.36. The molecule has 0 bridgehead atoms. The predicted molar refractivity (Wildman–Crippen MR) is 123 cm³/mol. The summed E-state index contributed by atoms with van der Waals surface area (Å²) in [5, 5.41) is 0. The fourth-order valence-corrected chi connectivity index (χ4v) is 7.52. The van der Waals surface area contributed by atoms with Crippen LogP contribution in [0.2, 0.25) is 0 Å². The second-order valence-corrected chi connectivity index (χ2v) is 12.1. The van der Waals surface area contributed by atoms with Gasteiger partial charge in [0.25, 0.3) is 0 Å². The molecule has 2 aromatic rings. The predicted octanol–water partition coefficient (Wildman–Crippen LogP) is 3.71. The summed E-state index contributed by atoms with van der Waals surface area (Å²) >= 11 is 0. The van der Waals surface area contributed by atoms with Crippen LogP contribution in [0.5, 0.6) is 0 Å². The van der Waals surface area contributed by atoms with Crippen molar-refractivity contribution in [2.75, 3.05) is 30.4 Å².